The van der Waals surface area contributed by atoms with Crippen molar-refractivity contribution in [2.45, 2.75) is 91.3 Å². The summed E-state index contributed by atoms with van der Waals surface area (Å²) < 4.78 is 65.9. The highest BCUT2D eigenvalue weighted by atomic mass is 32.2. The van der Waals surface area contributed by atoms with E-state index in [0.717, 1.165) is 12.1 Å². The Morgan fingerprint density at radius 1 is 0.720 bits per heavy atom. The van der Waals surface area contributed by atoms with Crippen LogP contribution >= 0.6 is 23.5 Å². The summed E-state index contributed by atoms with van der Waals surface area (Å²) in [6.07, 6.45) is -3.18. The molecule has 0 aliphatic carbocycles. The molecule has 1 heterocycles. The van der Waals surface area contributed by atoms with Crippen LogP contribution in [0.3, 0.4) is 0 Å². The quantitative estimate of drug-likeness (QED) is 0.0209. The molecule has 1 aliphatic heterocycles. The maximum atomic E-state index is 13.7. The van der Waals surface area contributed by atoms with Crippen molar-refractivity contribution in [2.75, 3.05) is 37.0 Å². The Bertz CT molecular complexity index is 2710. The molecule has 33 heteroatoms. The van der Waals surface area contributed by atoms with Gasteiger partial charge in [-0.15, -0.1) is 11.8 Å². The lowest BCUT2D eigenvalue weighted by Crippen LogP contribution is -2.54. The number of carboxylic acids is 4. The number of ether oxygens (including phenoxy) is 2. The predicted molar refractivity (Wildman–Crippen MR) is 255 cm³/mol. The molecule has 2 aromatic rings. The minimum Gasteiger partial charge on any atom is -0.480 e. The third-order valence-corrected chi connectivity index (χ3v) is 15.7. The van der Waals surface area contributed by atoms with Crippen molar-refractivity contribution >= 4 is 109 Å². The highest BCUT2D eigenvalue weighted by Crippen LogP contribution is 2.39. The summed E-state index contributed by atoms with van der Waals surface area (Å²) >= 11 is 0.890. The molecule has 4 amide bonds. The van der Waals surface area contributed by atoms with Crippen LogP contribution in [0.15, 0.2) is 58.3 Å². The van der Waals surface area contributed by atoms with E-state index in [1.54, 1.807) is 13.8 Å². The summed E-state index contributed by atoms with van der Waals surface area (Å²) in [6, 6.07) is 2.56. The smallest absolute Gasteiger partial charge is 0.377 e. The van der Waals surface area contributed by atoms with E-state index in [1.165, 1.54) is 43.3 Å². The highest BCUT2D eigenvalue weighted by Gasteiger charge is 2.62. The number of aliphatic carboxylic acids is 4. The SMILES string of the molecule is CCOC(=O)C1(CSCC(NC(=O)CCC(C(=O)O)N(O)S(=O)(=O)c2ccc(C)cc2)C(=O)NCC(=O)O)OC(=O)C(=O)C1SCC(NC(=O)CCC(NOS(=O)(=O)c1ccc(C)cc1)C(=O)O)C(=O)NCC(=O)O. The van der Waals surface area contributed by atoms with Crippen LogP contribution in [-0.4, -0.2) is 184 Å². The van der Waals surface area contributed by atoms with Crippen LogP contribution in [0.4, 0.5) is 0 Å². The van der Waals surface area contributed by atoms with Gasteiger partial charge in [-0.1, -0.05) is 39.9 Å². The van der Waals surface area contributed by atoms with E-state index in [1.807, 2.05) is 16.1 Å². The fourth-order valence-electron chi connectivity index (χ4n) is 6.32. The third-order valence-electron chi connectivity index (χ3n) is 10.2. The molecule has 6 atom stereocenters. The number of aryl methyl sites for hydroxylation is 2. The van der Waals surface area contributed by atoms with Crippen molar-refractivity contribution in [2.24, 2.45) is 0 Å². The summed E-state index contributed by atoms with van der Waals surface area (Å²) in [5.74, 6) is -17.8. The molecule has 1 aliphatic rings. The van der Waals surface area contributed by atoms with Crippen molar-refractivity contribution in [3.8, 4) is 0 Å². The third kappa shape index (κ3) is 18.3. The van der Waals surface area contributed by atoms with Crippen molar-refractivity contribution in [3.05, 3.63) is 59.7 Å². The van der Waals surface area contributed by atoms with Crippen LogP contribution < -0.4 is 26.7 Å². The molecule has 75 heavy (non-hydrogen) atoms. The molecule has 3 rings (SSSR count). The number of carbonyl (C=O) groups excluding carboxylic acids is 7. The van der Waals surface area contributed by atoms with Gasteiger partial charge in [0.15, 0.2) is 0 Å². The number of amides is 4. The molecule has 0 saturated carbocycles. The maximum Gasteiger partial charge on any atom is 0.377 e. The van der Waals surface area contributed by atoms with Crippen LogP contribution in [0.2, 0.25) is 0 Å². The Kier molecular flexibility index (Phi) is 23.5. The molecule has 0 radical (unpaired) electrons. The number of benzene rings is 2. The number of nitrogens with zero attached hydrogens (tertiary/aromatic N) is 1. The van der Waals surface area contributed by atoms with Gasteiger partial charge in [0, 0.05) is 30.1 Å². The van der Waals surface area contributed by atoms with Crippen molar-refractivity contribution < 1.29 is 109 Å². The largest absolute Gasteiger partial charge is 0.480 e. The van der Waals surface area contributed by atoms with E-state index in [-0.39, 0.29) is 11.5 Å². The van der Waals surface area contributed by atoms with E-state index in [4.69, 9.17) is 14.6 Å². The lowest BCUT2D eigenvalue weighted by atomic mass is 10.0. The number of sulfonamides is 1. The fourth-order valence-corrected chi connectivity index (χ4v) is 11.1. The van der Waals surface area contributed by atoms with E-state index >= 15 is 0 Å². The van der Waals surface area contributed by atoms with E-state index in [9.17, 15) is 90.1 Å². The van der Waals surface area contributed by atoms with E-state index in [0.29, 0.717) is 34.7 Å². The molecule has 1 fully saturated rings. The second kappa shape index (κ2) is 28.2. The first-order chi connectivity index (χ1) is 35.1. The average Bonchev–Trinajstić information content (AvgIpc) is 3.58. The average molecular weight is 1140 g/mol. The van der Waals surface area contributed by atoms with Crippen molar-refractivity contribution in [1.82, 2.24) is 31.2 Å². The predicted octanol–water partition coefficient (Wildman–Crippen LogP) is -2.31. The molecule has 0 bridgehead atoms. The molecule has 10 N–H and O–H groups in total. The molecule has 29 nitrogen and oxygen atoms in total. The Hall–Kier alpha value is -6.75. The monoisotopic (exact) mass is 1140 g/mol. The number of carboxylic acid groups (broad SMARTS) is 4. The second-order valence-corrected chi connectivity index (χ2v) is 21.4. The molecule has 2 aromatic carbocycles. The maximum absolute atomic E-state index is 13.7. The molecule has 6 unspecified atom stereocenters. The minimum atomic E-state index is -4.84. The molecule has 0 aromatic heterocycles. The number of thioether (sulfide) groups is 2. The first-order valence-corrected chi connectivity index (χ1v) is 26.8. The number of nitrogens with one attached hydrogen (secondary N) is 5. The fraction of sp³-hybridized carbons (Fsp3) is 0.452. The van der Waals surface area contributed by atoms with E-state index < -0.39 is 186 Å². The molecule has 0 spiro atoms. The molecular formula is C42H52N6O23S4. The molecule has 412 valence electrons. The van der Waals surface area contributed by atoms with Crippen LogP contribution in [0.5, 0.6) is 0 Å². The van der Waals surface area contributed by atoms with Gasteiger partial charge in [0.25, 0.3) is 15.8 Å². The number of cyclic esters (lactones) is 1. The van der Waals surface area contributed by atoms with Crippen molar-refractivity contribution in [3.63, 3.8) is 0 Å². The van der Waals surface area contributed by atoms with Gasteiger partial charge in [-0.25, -0.2) is 18.0 Å². The lowest BCUT2D eigenvalue weighted by Gasteiger charge is -2.30. The van der Waals surface area contributed by atoms with Gasteiger partial charge in [-0.3, -0.25) is 48.4 Å². The Labute approximate surface area is 435 Å². The minimum absolute atomic E-state index is 0.336. The Morgan fingerprint density at radius 2 is 1.21 bits per heavy atom. The van der Waals surface area contributed by atoms with Crippen LogP contribution in [0.1, 0.15) is 43.7 Å². The number of esters is 2. The van der Waals surface area contributed by atoms with Crippen LogP contribution in [0.25, 0.3) is 0 Å². The Morgan fingerprint density at radius 3 is 1.69 bits per heavy atom. The number of carbonyl (C=O) groups is 11. The molecular weight excluding hydrogens is 1080 g/mol. The van der Waals surface area contributed by atoms with Crippen LogP contribution in [0, 0.1) is 13.8 Å². The number of Topliss-reactive ketones (excluding diaryl/α,β-unsaturated/α-hetero) is 1. The van der Waals surface area contributed by atoms with Gasteiger partial charge in [0.05, 0.1) is 16.4 Å². The number of rotatable bonds is 32. The summed E-state index contributed by atoms with van der Waals surface area (Å²) in [4.78, 5) is 139. The summed E-state index contributed by atoms with van der Waals surface area (Å²) in [5, 5.41) is 54.8. The van der Waals surface area contributed by atoms with Gasteiger partial charge in [-0.05, 0) is 57.9 Å². The van der Waals surface area contributed by atoms with Gasteiger partial charge >= 0.3 is 45.9 Å². The molecule has 1 saturated heterocycles. The normalized spacial score (nSPS) is 17.1. The Balaban J connectivity index is 1.83. The lowest BCUT2D eigenvalue weighted by molar-refractivity contribution is -0.171. The van der Waals surface area contributed by atoms with Crippen molar-refractivity contribution in [1.29, 1.82) is 0 Å². The highest BCUT2D eigenvalue weighted by molar-refractivity contribution is 8.01. The standard InChI is InChI=1S/C42H52N6O23S4/c1-4-69-41(63)42(21-72-19-27(36(56)43-17-32(51)52)45-31(50)16-14-29(39(60)61)48(64)74(65,66)24-9-5-22(2)6-10-24)35(34(55)40(62)70-42)73-20-28(37(57)44-18-33(53)54)46-30(49)15-13-26(38(58)59)47-71-75(67,68)25-11-7-23(3)8-12-25/h5-12,26-29,35,47,64H,4,13-21H2,1-3H3,(H,43,56)(H,44,57)(H,45,50)(H,46,49)(H,51,52)(H,53,54)(H,58,59)(H,60,61). The first-order valence-electron chi connectivity index (χ1n) is 21.8. The topological polar surface area (TPSA) is 448 Å². The number of hydroxylamine groups is 2. The van der Waals surface area contributed by atoms with E-state index in [2.05, 4.69) is 14.9 Å². The van der Waals surface area contributed by atoms with Gasteiger partial charge in [-0.2, -0.15) is 29.9 Å². The van der Waals surface area contributed by atoms with Gasteiger partial charge in [0.2, 0.25) is 29.2 Å². The zero-order valence-corrected chi connectivity index (χ0v) is 43.0. The van der Waals surface area contributed by atoms with Gasteiger partial charge < -0.3 is 51.2 Å². The van der Waals surface area contributed by atoms with Crippen LogP contribution in [-0.2, 0) is 86.6 Å². The number of hydrogen-bond donors (Lipinski definition) is 10. The van der Waals surface area contributed by atoms with Gasteiger partial charge in [0.1, 0.15) is 42.5 Å². The number of hydrogen-bond acceptors (Lipinski definition) is 22. The first kappa shape index (κ1) is 62.5. The number of ketones is 1. The zero-order chi connectivity index (χ0) is 56.4. The summed E-state index contributed by atoms with van der Waals surface area (Å²) in [6.45, 7) is 2.27. The summed E-state index contributed by atoms with van der Waals surface area (Å²) in [5.41, 5.74) is 0.581. The zero-order valence-electron chi connectivity index (χ0n) is 39.7. The second-order valence-electron chi connectivity index (χ2n) is 15.9. The summed E-state index contributed by atoms with van der Waals surface area (Å²) in [7, 11) is -9.39.